The molecule has 2 heterocycles. The van der Waals surface area contributed by atoms with Crippen LogP contribution in [0, 0.1) is 6.92 Å². The minimum absolute atomic E-state index is 0.165. The van der Waals surface area contributed by atoms with Gasteiger partial charge >= 0.3 is 5.63 Å². The molecule has 3 aromatic rings. The van der Waals surface area contributed by atoms with Gasteiger partial charge in [-0.05, 0) is 69.2 Å². The Labute approximate surface area is 175 Å². The third-order valence-electron chi connectivity index (χ3n) is 5.55. The van der Waals surface area contributed by atoms with Crippen molar-refractivity contribution < 1.29 is 13.9 Å². The second-order valence-electron chi connectivity index (χ2n) is 7.90. The number of hydrogen-bond acceptors (Lipinski definition) is 5. The van der Waals surface area contributed by atoms with Crippen molar-refractivity contribution in [3.05, 3.63) is 58.0 Å². The molecule has 4 rings (SSSR count). The molecule has 0 saturated heterocycles. The minimum Gasteiger partial charge on any atom is -0.480 e. The smallest absolute Gasteiger partial charge is 0.339 e. The van der Waals surface area contributed by atoms with Crippen LogP contribution in [0.5, 0.6) is 5.75 Å². The molecule has 0 aliphatic heterocycles. The SMILES string of the molecule is Cc1cc(O[C@@H](C)C(=O)NCCCn2ccnc2)c2c3c(c(=O)oc2c1)CCCC3. The molecular formula is C23H27N3O4. The van der Waals surface area contributed by atoms with E-state index in [1.807, 2.05) is 29.8 Å². The summed E-state index contributed by atoms with van der Waals surface area (Å²) in [6.45, 7) is 5.02. The second kappa shape index (κ2) is 8.73. The number of fused-ring (bicyclic) bond motifs is 3. The molecule has 1 aliphatic rings. The summed E-state index contributed by atoms with van der Waals surface area (Å²) in [5.74, 6) is 0.439. The van der Waals surface area contributed by atoms with Gasteiger partial charge in [0.25, 0.3) is 5.91 Å². The first-order valence-corrected chi connectivity index (χ1v) is 10.5. The quantitative estimate of drug-likeness (QED) is 0.479. The van der Waals surface area contributed by atoms with Crippen LogP contribution in [0.2, 0.25) is 0 Å². The Balaban J connectivity index is 1.49. The molecule has 7 heteroatoms. The number of nitrogens with one attached hydrogen (secondary N) is 1. The molecule has 7 nitrogen and oxygen atoms in total. The molecule has 0 bridgehead atoms. The summed E-state index contributed by atoms with van der Waals surface area (Å²) in [5, 5.41) is 3.76. The lowest BCUT2D eigenvalue weighted by Gasteiger charge is -2.21. The fourth-order valence-electron chi connectivity index (χ4n) is 4.04. The van der Waals surface area contributed by atoms with Crippen molar-refractivity contribution in [2.24, 2.45) is 0 Å². The van der Waals surface area contributed by atoms with Crippen LogP contribution in [-0.4, -0.2) is 28.1 Å². The zero-order chi connectivity index (χ0) is 21.1. The molecule has 1 amide bonds. The molecule has 30 heavy (non-hydrogen) atoms. The first-order valence-electron chi connectivity index (χ1n) is 10.5. The zero-order valence-corrected chi connectivity index (χ0v) is 17.4. The number of ether oxygens (including phenoxy) is 1. The van der Waals surface area contributed by atoms with E-state index in [0.717, 1.165) is 60.7 Å². The van der Waals surface area contributed by atoms with Crippen LogP contribution in [-0.2, 0) is 24.2 Å². The normalized spacial score (nSPS) is 14.3. The summed E-state index contributed by atoms with van der Waals surface area (Å²) in [4.78, 5) is 28.9. The molecule has 0 spiro atoms. The van der Waals surface area contributed by atoms with Crippen LogP contribution in [0.15, 0.2) is 40.1 Å². The Morgan fingerprint density at radius 1 is 1.30 bits per heavy atom. The largest absolute Gasteiger partial charge is 0.480 e. The third kappa shape index (κ3) is 4.25. The van der Waals surface area contributed by atoms with Gasteiger partial charge < -0.3 is 19.0 Å². The highest BCUT2D eigenvalue weighted by atomic mass is 16.5. The van der Waals surface area contributed by atoms with Crippen molar-refractivity contribution in [3.8, 4) is 5.75 Å². The molecular weight excluding hydrogens is 382 g/mol. The molecule has 0 fully saturated rings. The van der Waals surface area contributed by atoms with Crippen LogP contribution in [0.4, 0.5) is 0 Å². The van der Waals surface area contributed by atoms with Crippen LogP contribution >= 0.6 is 0 Å². The van der Waals surface area contributed by atoms with E-state index in [1.165, 1.54) is 0 Å². The van der Waals surface area contributed by atoms with Crippen molar-refractivity contribution in [1.29, 1.82) is 0 Å². The van der Waals surface area contributed by atoms with Crippen molar-refractivity contribution in [2.75, 3.05) is 6.54 Å². The average Bonchev–Trinajstić information content (AvgIpc) is 3.24. The van der Waals surface area contributed by atoms with Crippen molar-refractivity contribution in [3.63, 3.8) is 0 Å². The highest BCUT2D eigenvalue weighted by molar-refractivity contribution is 5.89. The van der Waals surface area contributed by atoms with Gasteiger partial charge in [-0.3, -0.25) is 4.79 Å². The van der Waals surface area contributed by atoms with E-state index < -0.39 is 6.10 Å². The van der Waals surface area contributed by atoms with Gasteiger partial charge in [0.05, 0.1) is 11.7 Å². The van der Waals surface area contributed by atoms with Crippen LogP contribution < -0.4 is 15.7 Å². The van der Waals surface area contributed by atoms with E-state index in [-0.39, 0.29) is 11.5 Å². The van der Waals surface area contributed by atoms with Gasteiger partial charge in [0.1, 0.15) is 11.3 Å². The summed E-state index contributed by atoms with van der Waals surface area (Å²) in [5.41, 5.74) is 2.96. The maximum Gasteiger partial charge on any atom is 0.339 e. The topological polar surface area (TPSA) is 86.4 Å². The van der Waals surface area contributed by atoms with E-state index >= 15 is 0 Å². The monoisotopic (exact) mass is 409 g/mol. The summed E-state index contributed by atoms with van der Waals surface area (Å²) in [6.07, 6.45) is 9.12. The third-order valence-corrected chi connectivity index (χ3v) is 5.55. The number of imidazole rings is 1. The second-order valence-corrected chi connectivity index (χ2v) is 7.90. The molecule has 0 saturated carbocycles. The Morgan fingerprint density at radius 3 is 2.87 bits per heavy atom. The number of rotatable bonds is 7. The van der Waals surface area contributed by atoms with Crippen LogP contribution in [0.25, 0.3) is 11.0 Å². The first kappa shape index (κ1) is 20.2. The van der Waals surface area contributed by atoms with Gasteiger partial charge in [-0.25, -0.2) is 9.78 Å². The molecule has 0 radical (unpaired) electrons. The molecule has 158 valence electrons. The predicted octanol–water partition coefficient (Wildman–Crippen LogP) is 3.15. The van der Waals surface area contributed by atoms with E-state index in [1.54, 1.807) is 19.4 Å². The molecule has 1 aromatic carbocycles. The summed E-state index contributed by atoms with van der Waals surface area (Å²) in [7, 11) is 0. The lowest BCUT2D eigenvalue weighted by atomic mass is 9.90. The minimum atomic E-state index is -0.658. The van der Waals surface area contributed by atoms with Gasteiger partial charge in [-0.1, -0.05) is 0 Å². The average molecular weight is 409 g/mol. The number of nitrogens with zero attached hydrogens (tertiary/aromatic N) is 2. The number of aromatic nitrogens is 2. The van der Waals surface area contributed by atoms with Crippen LogP contribution in [0.3, 0.4) is 0 Å². The number of carbonyl (C=O) groups excluding carboxylic acids is 1. The molecule has 1 aliphatic carbocycles. The van der Waals surface area contributed by atoms with E-state index in [2.05, 4.69) is 10.3 Å². The first-order chi connectivity index (χ1) is 14.5. The van der Waals surface area contributed by atoms with Crippen LogP contribution in [0.1, 0.15) is 42.9 Å². The Kier molecular flexibility index (Phi) is 5.88. The highest BCUT2D eigenvalue weighted by Gasteiger charge is 2.23. The van der Waals surface area contributed by atoms with E-state index in [9.17, 15) is 9.59 Å². The molecule has 1 N–H and O–H groups in total. The summed E-state index contributed by atoms with van der Waals surface area (Å²) < 4.78 is 13.7. The van der Waals surface area contributed by atoms with Crippen molar-refractivity contribution >= 4 is 16.9 Å². The lowest BCUT2D eigenvalue weighted by Crippen LogP contribution is -2.37. The Bertz CT molecular complexity index is 1100. The number of benzene rings is 1. The number of hydrogen-bond donors (Lipinski definition) is 1. The van der Waals surface area contributed by atoms with E-state index in [4.69, 9.17) is 9.15 Å². The summed E-state index contributed by atoms with van der Waals surface area (Å²) in [6, 6.07) is 3.78. The lowest BCUT2D eigenvalue weighted by molar-refractivity contribution is -0.127. The standard InChI is InChI=1S/C23H27N3O4/c1-15-12-19(21-17-6-3-4-7-18(17)23(28)30-20(21)13-15)29-16(2)22(27)25-8-5-10-26-11-9-24-14-26/h9,11-14,16H,3-8,10H2,1-2H3,(H,25,27)/t16-/m0/s1. The number of amides is 1. The number of aryl methyl sites for hydroxylation is 3. The van der Waals surface area contributed by atoms with E-state index in [0.29, 0.717) is 17.9 Å². The molecule has 1 atom stereocenters. The molecule has 2 aromatic heterocycles. The fourth-order valence-corrected chi connectivity index (χ4v) is 4.04. The number of carbonyl (C=O) groups is 1. The fraction of sp³-hybridized carbons (Fsp3) is 0.435. The van der Waals surface area contributed by atoms with Gasteiger partial charge in [-0.15, -0.1) is 0 Å². The van der Waals surface area contributed by atoms with Crippen molar-refractivity contribution in [2.45, 2.75) is 58.6 Å². The Hall–Kier alpha value is -3.09. The van der Waals surface area contributed by atoms with Crippen molar-refractivity contribution in [1.82, 2.24) is 14.9 Å². The summed E-state index contributed by atoms with van der Waals surface area (Å²) >= 11 is 0. The highest BCUT2D eigenvalue weighted by Crippen LogP contribution is 2.35. The van der Waals surface area contributed by atoms with Gasteiger partial charge in [-0.2, -0.15) is 0 Å². The Morgan fingerprint density at radius 2 is 2.10 bits per heavy atom. The predicted molar refractivity (Wildman–Crippen MR) is 114 cm³/mol. The zero-order valence-electron chi connectivity index (χ0n) is 17.4. The maximum absolute atomic E-state index is 12.5. The molecule has 0 unspecified atom stereocenters. The van der Waals surface area contributed by atoms with Gasteiger partial charge in [0.2, 0.25) is 0 Å². The van der Waals surface area contributed by atoms with Gasteiger partial charge in [0, 0.05) is 31.0 Å². The van der Waals surface area contributed by atoms with Gasteiger partial charge in [0.15, 0.2) is 6.10 Å². The maximum atomic E-state index is 12.5.